The van der Waals surface area contributed by atoms with Gasteiger partial charge in [-0.2, -0.15) is 0 Å². The Bertz CT molecular complexity index is 973. The smallest absolute Gasteiger partial charge is 0.409 e. The van der Waals surface area contributed by atoms with Gasteiger partial charge in [0.2, 0.25) is 0 Å². The van der Waals surface area contributed by atoms with Crippen molar-refractivity contribution < 1.29 is 19.1 Å². The number of hydrogen-bond acceptors (Lipinski definition) is 5. The summed E-state index contributed by atoms with van der Waals surface area (Å²) in [4.78, 5) is 40.9. The molecule has 1 aromatic heterocycles. The lowest BCUT2D eigenvalue weighted by Gasteiger charge is -2.34. The van der Waals surface area contributed by atoms with E-state index in [1.165, 1.54) is 10.6 Å². The van der Waals surface area contributed by atoms with Crippen LogP contribution in [0.5, 0.6) is 5.75 Å². The first kappa shape index (κ1) is 21.2. The zero-order valence-electron chi connectivity index (χ0n) is 17.1. The van der Waals surface area contributed by atoms with Crippen molar-refractivity contribution >= 4 is 23.8 Å². The number of aromatic nitrogens is 1. The normalized spacial score (nSPS) is 14.4. The topological polar surface area (TPSA) is 81.1 Å². The molecule has 2 heterocycles. The molecule has 158 valence electrons. The summed E-state index contributed by atoms with van der Waals surface area (Å²) in [5.41, 5.74) is 0.714. The summed E-state index contributed by atoms with van der Waals surface area (Å²) < 4.78 is 11.5. The van der Waals surface area contributed by atoms with Crippen LogP contribution in [0.3, 0.4) is 0 Å². The van der Waals surface area contributed by atoms with E-state index in [2.05, 4.69) is 0 Å². The van der Waals surface area contributed by atoms with E-state index in [9.17, 15) is 14.4 Å². The minimum absolute atomic E-state index is 0.246. The number of carbonyl (C=O) groups is 2. The standard InChI is InChI=1S/C22H25N3O5/c1-3-30-22(28)24-14-12-23(13-15-24)21(27)19(25-11-5-4-6-20(25)26)16-17-7-9-18(29-2)10-8-17/h4-11,16H,3,12-15H2,1-2H3/b19-16+. The Morgan fingerprint density at radius 2 is 1.67 bits per heavy atom. The number of ether oxygens (including phenoxy) is 2. The summed E-state index contributed by atoms with van der Waals surface area (Å²) in [5.74, 6) is 0.426. The summed E-state index contributed by atoms with van der Waals surface area (Å²) in [6.45, 7) is 3.54. The van der Waals surface area contributed by atoms with Crippen LogP contribution < -0.4 is 10.3 Å². The van der Waals surface area contributed by atoms with Gasteiger partial charge in [-0.05, 0) is 36.8 Å². The minimum atomic E-state index is -0.377. The summed E-state index contributed by atoms with van der Waals surface area (Å²) in [6.07, 6.45) is 2.88. The van der Waals surface area contributed by atoms with E-state index >= 15 is 0 Å². The first-order valence-corrected chi connectivity index (χ1v) is 9.78. The van der Waals surface area contributed by atoms with Crippen molar-refractivity contribution in [3.8, 4) is 5.75 Å². The molecule has 0 spiro atoms. The molecular formula is C22H25N3O5. The Labute approximate surface area is 174 Å². The molecule has 0 aliphatic carbocycles. The van der Waals surface area contributed by atoms with E-state index in [4.69, 9.17) is 9.47 Å². The quantitative estimate of drug-likeness (QED) is 0.705. The zero-order valence-corrected chi connectivity index (χ0v) is 17.1. The van der Waals surface area contributed by atoms with Crippen molar-refractivity contribution in [1.82, 2.24) is 14.4 Å². The van der Waals surface area contributed by atoms with Gasteiger partial charge in [0, 0.05) is 38.4 Å². The molecule has 0 saturated carbocycles. The third kappa shape index (κ3) is 4.89. The Balaban J connectivity index is 1.86. The van der Waals surface area contributed by atoms with Gasteiger partial charge in [0.15, 0.2) is 0 Å². The number of rotatable bonds is 5. The van der Waals surface area contributed by atoms with Crippen molar-refractivity contribution in [1.29, 1.82) is 0 Å². The van der Waals surface area contributed by atoms with Crippen molar-refractivity contribution in [2.24, 2.45) is 0 Å². The van der Waals surface area contributed by atoms with Crippen LogP contribution in [0.2, 0.25) is 0 Å². The van der Waals surface area contributed by atoms with Crippen LogP contribution in [0.1, 0.15) is 12.5 Å². The zero-order chi connectivity index (χ0) is 21.5. The van der Waals surface area contributed by atoms with Crippen molar-refractivity contribution in [3.05, 3.63) is 64.6 Å². The summed E-state index contributed by atoms with van der Waals surface area (Å²) in [6, 6.07) is 12.0. The molecule has 1 aliphatic heterocycles. The Kier molecular flexibility index (Phi) is 6.90. The molecule has 1 fully saturated rings. The summed E-state index contributed by atoms with van der Waals surface area (Å²) in [7, 11) is 1.58. The molecule has 0 bridgehead atoms. The van der Waals surface area contributed by atoms with Gasteiger partial charge in [0.25, 0.3) is 11.5 Å². The fraction of sp³-hybridized carbons (Fsp3) is 0.318. The number of methoxy groups -OCH3 is 1. The highest BCUT2D eigenvalue weighted by Crippen LogP contribution is 2.18. The van der Waals surface area contributed by atoms with Gasteiger partial charge in [-0.1, -0.05) is 18.2 Å². The van der Waals surface area contributed by atoms with Gasteiger partial charge in [0.1, 0.15) is 11.4 Å². The number of nitrogens with zero attached hydrogens (tertiary/aromatic N) is 3. The van der Waals surface area contributed by atoms with Crippen LogP contribution in [0.15, 0.2) is 53.5 Å². The Hall–Kier alpha value is -3.55. The van der Waals surface area contributed by atoms with Gasteiger partial charge >= 0.3 is 6.09 Å². The molecule has 1 aliphatic rings. The van der Waals surface area contributed by atoms with Crippen LogP contribution in [-0.4, -0.2) is 66.3 Å². The largest absolute Gasteiger partial charge is 0.497 e. The maximum absolute atomic E-state index is 13.3. The molecule has 1 aromatic carbocycles. The van der Waals surface area contributed by atoms with E-state index in [0.717, 1.165) is 5.56 Å². The molecule has 2 aromatic rings. The van der Waals surface area contributed by atoms with E-state index < -0.39 is 0 Å². The lowest BCUT2D eigenvalue weighted by molar-refractivity contribution is -0.126. The molecule has 0 unspecified atom stereocenters. The van der Waals surface area contributed by atoms with Gasteiger partial charge in [-0.3, -0.25) is 14.2 Å². The van der Waals surface area contributed by atoms with Crippen LogP contribution in [0, 0.1) is 0 Å². The van der Waals surface area contributed by atoms with Gasteiger partial charge in [-0.15, -0.1) is 0 Å². The predicted molar refractivity (Wildman–Crippen MR) is 113 cm³/mol. The number of hydrogen-bond donors (Lipinski definition) is 0. The highest BCUT2D eigenvalue weighted by molar-refractivity contribution is 6.18. The van der Waals surface area contributed by atoms with Crippen LogP contribution in [0.4, 0.5) is 4.79 Å². The molecule has 30 heavy (non-hydrogen) atoms. The lowest BCUT2D eigenvalue weighted by Crippen LogP contribution is -2.51. The first-order valence-electron chi connectivity index (χ1n) is 9.78. The van der Waals surface area contributed by atoms with E-state index in [-0.39, 0.29) is 23.3 Å². The third-order valence-electron chi connectivity index (χ3n) is 4.81. The third-order valence-corrected chi connectivity index (χ3v) is 4.81. The molecule has 0 N–H and O–H groups in total. The van der Waals surface area contributed by atoms with E-state index in [1.54, 1.807) is 60.4 Å². The Morgan fingerprint density at radius 3 is 2.27 bits per heavy atom. The van der Waals surface area contributed by atoms with Crippen molar-refractivity contribution in [2.75, 3.05) is 39.9 Å². The highest BCUT2D eigenvalue weighted by atomic mass is 16.6. The molecule has 0 atom stereocenters. The number of benzene rings is 1. The minimum Gasteiger partial charge on any atom is -0.497 e. The van der Waals surface area contributed by atoms with Gasteiger partial charge in [0.05, 0.1) is 13.7 Å². The average molecular weight is 411 g/mol. The second-order valence-corrected chi connectivity index (χ2v) is 6.69. The fourth-order valence-corrected chi connectivity index (χ4v) is 3.19. The molecule has 3 rings (SSSR count). The summed E-state index contributed by atoms with van der Waals surface area (Å²) >= 11 is 0. The number of carbonyl (C=O) groups excluding carboxylic acids is 2. The monoisotopic (exact) mass is 411 g/mol. The highest BCUT2D eigenvalue weighted by Gasteiger charge is 2.27. The second-order valence-electron chi connectivity index (χ2n) is 6.69. The molecular weight excluding hydrogens is 386 g/mol. The molecule has 8 heteroatoms. The van der Waals surface area contributed by atoms with E-state index in [1.807, 2.05) is 12.1 Å². The van der Waals surface area contributed by atoms with Crippen molar-refractivity contribution in [2.45, 2.75) is 6.92 Å². The maximum Gasteiger partial charge on any atom is 0.409 e. The van der Waals surface area contributed by atoms with Crippen LogP contribution in [0.25, 0.3) is 11.8 Å². The fourth-order valence-electron chi connectivity index (χ4n) is 3.19. The average Bonchev–Trinajstić information content (AvgIpc) is 2.78. The molecule has 8 nitrogen and oxygen atoms in total. The number of pyridine rings is 1. The Morgan fingerprint density at radius 1 is 1.00 bits per heavy atom. The first-order chi connectivity index (χ1) is 14.5. The van der Waals surface area contributed by atoms with Crippen LogP contribution in [-0.2, 0) is 9.53 Å². The number of piperazine rings is 1. The van der Waals surface area contributed by atoms with E-state index in [0.29, 0.717) is 38.5 Å². The molecule has 1 saturated heterocycles. The van der Waals surface area contributed by atoms with Gasteiger partial charge in [-0.25, -0.2) is 4.79 Å². The lowest BCUT2D eigenvalue weighted by atomic mass is 10.1. The molecule has 0 radical (unpaired) electrons. The summed E-state index contributed by atoms with van der Waals surface area (Å²) in [5, 5.41) is 0. The maximum atomic E-state index is 13.3. The van der Waals surface area contributed by atoms with Gasteiger partial charge < -0.3 is 19.3 Å². The second kappa shape index (κ2) is 9.78. The number of amides is 2. The van der Waals surface area contributed by atoms with Crippen molar-refractivity contribution in [3.63, 3.8) is 0 Å². The molecule has 2 amide bonds. The SMILES string of the molecule is CCOC(=O)N1CCN(C(=O)/C(=C\c2ccc(OC)cc2)n2ccccc2=O)CC1. The predicted octanol–water partition coefficient (Wildman–Crippen LogP) is 2.16. The van der Waals surface area contributed by atoms with Crippen LogP contribution >= 0.6 is 0 Å².